The van der Waals surface area contributed by atoms with E-state index in [1.165, 1.54) is 0 Å². The van der Waals surface area contributed by atoms with E-state index < -0.39 is 11.5 Å². The van der Waals surface area contributed by atoms with Gasteiger partial charge in [-0.05, 0) is 50.5 Å². The van der Waals surface area contributed by atoms with Crippen LogP contribution in [-0.2, 0) is 4.79 Å². The van der Waals surface area contributed by atoms with E-state index in [1.807, 2.05) is 11.8 Å². The van der Waals surface area contributed by atoms with Crippen molar-refractivity contribution in [3.63, 3.8) is 0 Å². The minimum atomic E-state index is -1.12. The third-order valence-corrected chi connectivity index (χ3v) is 4.22. The molecule has 0 aromatic heterocycles. The van der Waals surface area contributed by atoms with Gasteiger partial charge in [-0.1, -0.05) is 6.42 Å². The van der Waals surface area contributed by atoms with Crippen molar-refractivity contribution in [3.8, 4) is 0 Å². The molecule has 1 aliphatic carbocycles. The highest BCUT2D eigenvalue weighted by Crippen LogP contribution is 2.39. The van der Waals surface area contributed by atoms with Crippen LogP contribution in [0.5, 0.6) is 0 Å². The maximum atomic E-state index is 11.7. The summed E-state index contributed by atoms with van der Waals surface area (Å²) >= 11 is 1.82. The average molecular weight is 288 g/mol. The molecule has 6 heteroatoms. The first-order valence-electron chi connectivity index (χ1n) is 6.79. The number of aliphatic carboxylic acids is 1. The van der Waals surface area contributed by atoms with Crippen LogP contribution in [-0.4, -0.2) is 41.2 Å². The second kappa shape index (κ2) is 7.62. The molecule has 1 fully saturated rings. The van der Waals surface area contributed by atoms with Crippen LogP contribution in [0.15, 0.2) is 0 Å². The van der Waals surface area contributed by atoms with Crippen LogP contribution < -0.4 is 10.6 Å². The number of amides is 2. The lowest BCUT2D eigenvalue weighted by atomic mass is 9.96. The monoisotopic (exact) mass is 288 g/mol. The zero-order valence-corrected chi connectivity index (χ0v) is 12.5. The first-order valence-corrected chi connectivity index (χ1v) is 8.18. The highest BCUT2D eigenvalue weighted by atomic mass is 32.2. The van der Waals surface area contributed by atoms with Gasteiger partial charge in [0.05, 0.1) is 0 Å². The third kappa shape index (κ3) is 5.30. The Bertz CT molecular complexity index is 321. The minimum Gasteiger partial charge on any atom is -0.480 e. The Morgan fingerprint density at radius 3 is 2.53 bits per heavy atom. The molecular weight excluding hydrogens is 264 g/mol. The number of carboxylic acids is 1. The molecular formula is C13H24N2O3S. The van der Waals surface area contributed by atoms with Crippen LogP contribution in [0, 0.1) is 5.92 Å². The van der Waals surface area contributed by atoms with Gasteiger partial charge in [0.25, 0.3) is 0 Å². The summed E-state index contributed by atoms with van der Waals surface area (Å²) in [5, 5.41) is 14.6. The highest BCUT2D eigenvalue weighted by Gasteiger charge is 2.48. The molecule has 1 unspecified atom stereocenters. The standard InChI is InChI=1S/C13H24N2O3S/c1-13(11(16)17,10-6-7-10)15-12(18)14-8-4-3-5-9-19-2/h10H,3-9H2,1-2H3,(H,16,17)(H2,14,15,18). The first kappa shape index (κ1) is 16.1. The van der Waals surface area contributed by atoms with Crippen molar-refractivity contribution in [3.05, 3.63) is 0 Å². The SMILES string of the molecule is CSCCCCCNC(=O)NC(C)(C(=O)O)C1CC1. The summed E-state index contributed by atoms with van der Waals surface area (Å²) in [4.78, 5) is 22.9. The zero-order chi connectivity index (χ0) is 14.3. The number of urea groups is 1. The molecule has 0 aliphatic heterocycles. The fourth-order valence-corrected chi connectivity index (χ4v) is 2.51. The van der Waals surface area contributed by atoms with Gasteiger partial charge < -0.3 is 15.7 Å². The molecule has 2 amide bonds. The normalized spacial score (nSPS) is 17.6. The molecule has 0 radical (unpaired) electrons. The number of hydrogen-bond acceptors (Lipinski definition) is 3. The van der Waals surface area contributed by atoms with E-state index in [-0.39, 0.29) is 11.9 Å². The second-order valence-corrected chi connectivity index (χ2v) is 6.20. The summed E-state index contributed by atoms with van der Waals surface area (Å²) in [5.74, 6) is 0.257. The largest absolute Gasteiger partial charge is 0.480 e. The fourth-order valence-electron chi connectivity index (χ4n) is 2.02. The lowest BCUT2D eigenvalue weighted by molar-refractivity contribution is -0.144. The summed E-state index contributed by atoms with van der Waals surface area (Å²) in [5.41, 5.74) is -1.12. The van der Waals surface area contributed by atoms with Gasteiger partial charge in [0.15, 0.2) is 0 Å². The summed E-state index contributed by atoms with van der Waals surface area (Å²) < 4.78 is 0. The molecule has 0 aromatic rings. The number of carboxylic acid groups (broad SMARTS) is 1. The van der Waals surface area contributed by atoms with Gasteiger partial charge in [0, 0.05) is 6.54 Å². The smallest absolute Gasteiger partial charge is 0.329 e. The molecule has 0 heterocycles. The van der Waals surface area contributed by atoms with Crippen LogP contribution >= 0.6 is 11.8 Å². The number of unbranched alkanes of at least 4 members (excludes halogenated alkanes) is 2. The highest BCUT2D eigenvalue weighted by molar-refractivity contribution is 7.98. The first-order chi connectivity index (χ1) is 9.00. The summed E-state index contributed by atoms with van der Waals surface area (Å²) in [7, 11) is 0. The number of hydrogen-bond donors (Lipinski definition) is 3. The molecule has 0 saturated heterocycles. The number of carbonyl (C=O) groups is 2. The summed E-state index contributed by atoms with van der Waals surface area (Å²) in [6.45, 7) is 2.19. The van der Waals surface area contributed by atoms with Crippen molar-refractivity contribution >= 4 is 23.8 Å². The Balaban J connectivity index is 2.20. The Kier molecular flexibility index (Phi) is 6.48. The molecule has 1 aliphatic rings. The van der Waals surface area contributed by atoms with Crippen molar-refractivity contribution < 1.29 is 14.7 Å². The minimum absolute atomic E-state index is 0.0670. The van der Waals surface area contributed by atoms with E-state index in [1.54, 1.807) is 6.92 Å². The maximum absolute atomic E-state index is 11.7. The Morgan fingerprint density at radius 1 is 1.32 bits per heavy atom. The number of carbonyl (C=O) groups excluding carboxylic acids is 1. The molecule has 5 nitrogen and oxygen atoms in total. The van der Waals surface area contributed by atoms with Gasteiger partial charge in [-0.3, -0.25) is 0 Å². The molecule has 1 saturated carbocycles. The van der Waals surface area contributed by atoms with Gasteiger partial charge in [0.1, 0.15) is 5.54 Å². The topological polar surface area (TPSA) is 78.4 Å². The van der Waals surface area contributed by atoms with E-state index in [9.17, 15) is 14.7 Å². The summed E-state index contributed by atoms with van der Waals surface area (Å²) in [6, 6.07) is -0.373. The molecule has 110 valence electrons. The van der Waals surface area contributed by atoms with Gasteiger partial charge in [-0.25, -0.2) is 9.59 Å². The van der Waals surface area contributed by atoms with Crippen LogP contribution in [0.4, 0.5) is 4.79 Å². The zero-order valence-electron chi connectivity index (χ0n) is 11.7. The van der Waals surface area contributed by atoms with Crippen molar-refractivity contribution in [1.29, 1.82) is 0 Å². The fraction of sp³-hybridized carbons (Fsp3) is 0.846. The molecule has 1 atom stereocenters. The predicted molar refractivity (Wildman–Crippen MR) is 77.5 cm³/mol. The molecule has 19 heavy (non-hydrogen) atoms. The van der Waals surface area contributed by atoms with E-state index >= 15 is 0 Å². The van der Waals surface area contributed by atoms with Gasteiger partial charge in [-0.2, -0.15) is 11.8 Å². The quantitative estimate of drug-likeness (QED) is 0.568. The average Bonchev–Trinajstić information content (AvgIpc) is 3.17. The molecule has 0 aromatic carbocycles. The van der Waals surface area contributed by atoms with Crippen LogP contribution in [0.3, 0.4) is 0 Å². The van der Waals surface area contributed by atoms with Gasteiger partial charge >= 0.3 is 12.0 Å². The lowest BCUT2D eigenvalue weighted by Crippen LogP contribution is -2.56. The van der Waals surface area contributed by atoms with Crippen LogP contribution in [0.25, 0.3) is 0 Å². The summed E-state index contributed by atoms with van der Waals surface area (Å²) in [6.07, 6.45) is 6.99. The number of thioether (sulfide) groups is 1. The maximum Gasteiger partial charge on any atom is 0.329 e. The van der Waals surface area contributed by atoms with Gasteiger partial charge in [-0.15, -0.1) is 0 Å². The Hall–Kier alpha value is -0.910. The van der Waals surface area contributed by atoms with E-state index in [4.69, 9.17) is 0 Å². The Labute approximate surface area is 118 Å². The van der Waals surface area contributed by atoms with Crippen molar-refractivity contribution in [2.24, 2.45) is 5.92 Å². The molecule has 0 bridgehead atoms. The lowest BCUT2D eigenvalue weighted by Gasteiger charge is -2.26. The van der Waals surface area contributed by atoms with E-state index in [0.717, 1.165) is 37.9 Å². The van der Waals surface area contributed by atoms with Crippen molar-refractivity contribution in [2.75, 3.05) is 18.6 Å². The van der Waals surface area contributed by atoms with Crippen LogP contribution in [0.1, 0.15) is 39.0 Å². The Morgan fingerprint density at radius 2 is 2.00 bits per heavy atom. The molecule has 3 N–H and O–H groups in total. The number of nitrogens with one attached hydrogen (secondary N) is 2. The molecule has 0 spiro atoms. The van der Waals surface area contributed by atoms with Crippen molar-refractivity contribution in [1.82, 2.24) is 10.6 Å². The number of rotatable bonds is 9. The van der Waals surface area contributed by atoms with E-state index in [2.05, 4.69) is 16.9 Å². The van der Waals surface area contributed by atoms with Crippen LogP contribution in [0.2, 0.25) is 0 Å². The molecule has 1 rings (SSSR count). The van der Waals surface area contributed by atoms with Crippen molar-refractivity contribution in [2.45, 2.75) is 44.6 Å². The predicted octanol–water partition coefficient (Wildman–Crippen LogP) is 2.07. The third-order valence-electron chi connectivity index (χ3n) is 3.52. The second-order valence-electron chi connectivity index (χ2n) is 5.22. The van der Waals surface area contributed by atoms with E-state index in [0.29, 0.717) is 6.54 Å². The van der Waals surface area contributed by atoms with Gasteiger partial charge in [0.2, 0.25) is 0 Å².